The lowest BCUT2D eigenvalue weighted by atomic mass is 9.84. The van der Waals surface area contributed by atoms with Crippen molar-refractivity contribution in [3.63, 3.8) is 0 Å². The summed E-state index contributed by atoms with van der Waals surface area (Å²) in [6.45, 7) is 61.9. The maximum Gasteiger partial charge on any atom is 0.448 e. The number of Topliss-reactive ketones (excluding diaryl/α,β-unsaturated/α-hetero) is 2. The van der Waals surface area contributed by atoms with Crippen molar-refractivity contribution < 1.29 is 57.3 Å². The van der Waals surface area contributed by atoms with Crippen molar-refractivity contribution in [2.24, 2.45) is 41.4 Å². The van der Waals surface area contributed by atoms with Crippen LogP contribution >= 0.6 is 0 Å². The number of aldehydes is 1. The quantitative estimate of drug-likeness (QED) is 0.112. The Morgan fingerprint density at radius 3 is 0.639 bits per heavy atom. The molecule has 0 spiro atoms. The Labute approximate surface area is 524 Å². The fraction of sp³-hybridized carbons (Fsp3) is 0.845. The minimum atomic E-state index is -1.17. The molecule has 3 unspecified atom stereocenters. The van der Waals surface area contributed by atoms with Crippen LogP contribution < -0.4 is 0 Å². The lowest BCUT2D eigenvalue weighted by molar-refractivity contribution is -0.121. The van der Waals surface area contributed by atoms with Crippen LogP contribution in [0.4, 0.5) is 0 Å². The van der Waals surface area contributed by atoms with E-state index in [9.17, 15) is 14.4 Å². The molecule has 0 aromatic carbocycles. The van der Waals surface area contributed by atoms with Gasteiger partial charge in [-0.1, -0.05) is 246 Å². The molecule has 3 saturated carbocycles. The molecule has 0 aromatic rings. The van der Waals surface area contributed by atoms with Gasteiger partial charge in [-0.05, 0) is 166 Å². The van der Waals surface area contributed by atoms with E-state index >= 15 is 0 Å². The van der Waals surface area contributed by atoms with Crippen molar-refractivity contribution in [3.05, 3.63) is 47.1 Å². The molecule has 6 aliphatic rings. The van der Waals surface area contributed by atoms with Gasteiger partial charge < -0.3 is 47.7 Å². The summed E-state index contributed by atoms with van der Waals surface area (Å²) in [6.07, 6.45) is 38.5. The van der Waals surface area contributed by atoms with E-state index in [1.54, 1.807) is 16.7 Å². The predicted molar refractivity (Wildman–Crippen MR) is 388 cm³/mol. The minimum Gasteiger partial charge on any atom is -0.457 e. The highest BCUT2D eigenvalue weighted by Crippen LogP contribution is 2.27. The molecule has 0 aliphatic heterocycles. The second-order valence-electron chi connectivity index (χ2n) is 19.5. The Morgan fingerprint density at radius 1 is 0.398 bits per heavy atom. The lowest BCUT2D eigenvalue weighted by Gasteiger charge is -2.22. The average molecular weight is 1210 g/mol. The van der Waals surface area contributed by atoms with E-state index in [-0.39, 0.29) is 40.3 Å². The SMILES string of the molecule is C.CB(O)O.CC.CC.CC.CC.CC.CC.CC.CC.CC1=CCC(C)CC1.CC1=CCC(C)CC1.CC1=CCC(C)CC1.CC1CCC(=O)CC1.CC1CCC(=O)CC1.CC1CCC(C)CC1.CC=CC.CCC=O.O.O.O.[OH3+].[OH3+].[OH3+]. The Morgan fingerprint density at radius 2 is 0.542 bits per heavy atom. The number of rotatable bonds is 1. The summed E-state index contributed by atoms with van der Waals surface area (Å²) in [5, 5.41) is 15.2. The summed E-state index contributed by atoms with van der Waals surface area (Å²) >= 11 is 0. The number of hydrogen-bond donors (Lipinski definition) is 2. The van der Waals surface area contributed by atoms with Crippen molar-refractivity contribution in [2.45, 2.75) is 356 Å². The van der Waals surface area contributed by atoms with Crippen LogP contribution in [0.3, 0.4) is 0 Å². The number of allylic oxidation sites excluding steroid dienone is 8. The van der Waals surface area contributed by atoms with Gasteiger partial charge in [0.15, 0.2) is 0 Å². The minimum absolute atomic E-state index is 0. The van der Waals surface area contributed by atoms with E-state index in [1.807, 2.05) is 144 Å². The highest BCUT2D eigenvalue weighted by molar-refractivity contribution is 6.38. The summed E-state index contributed by atoms with van der Waals surface area (Å²) in [5.74, 6) is 7.39. The molecule has 6 aliphatic carbocycles. The molecule has 17 N–H and O–H groups in total. The highest BCUT2D eigenvalue weighted by Gasteiger charge is 2.15. The van der Waals surface area contributed by atoms with Crippen LogP contribution in [0.5, 0.6) is 0 Å². The van der Waals surface area contributed by atoms with Crippen molar-refractivity contribution in [2.75, 3.05) is 0 Å². The Balaban J connectivity index is -0.0000000346. The van der Waals surface area contributed by atoms with Gasteiger partial charge in [0.25, 0.3) is 0 Å². The molecule has 0 amide bonds. The third-order valence-corrected chi connectivity index (χ3v) is 12.2. The zero-order chi connectivity index (χ0) is 62.3. The zero-order valence-corrected chi connectivity index (χ0v) is 61.5. The first-order valence-electron chi connectivity index (χ1n) is 32.7. The molecule has 11 nitrogen and oxygen atoms in total. The molecule has 0 aromatic heterocycles. The first-order valence-corrected chi connectivity index (χ1v) is 32.7. The van der Waals surface area contributed by atoms with Crippen LogP contribution in [-0.4, -0.2) is 51.4 Å². The average Bonchev–Trinajstić information content (AvgIpc) is 3.46. The predicted octanol–water partition coefficient (Wildman–Crippen LogP) is 19.5. The Bertz CT molecular complexity index is 1050. The van der Waals surface area contributed by atoms with Gasteiger partial charge in [0.05, 0.1) is 0 Å². The van der Waals surface area contributed by atoms with Crippen LogP contribution in [-0.2, 0) is 30.8 Å². The second kappa shape index (κ2) is 118. The summed E-state index contributed by atoms with van der Waals surface area (Å²) in [7, 11) is -1.17. The summed E-state index contributed by atoms with van der Waals surface area (Å²) in [6, 6.07) is 0. The molecular formula is C71H168BO11+3. The van der Waals surface area contributed by atoms with Crippen molar-refractivity contribution in [1.82, 2.24) is 0 Å². The van der Waals surface area contributed by atoms with Gasteiger partial charge in [-0.2, -0.15) is 0 Å². The Hall–Kier alpha value is -2.29. The zero-order valence-electron chi connectivity index (χ0n) is 61.5. The maximum atomic E-state index is 10.6. The number of hydrogen-bond acceptors (Lipinski definition) is 5. The van der Waals surface area contributed by atoms with E-state index in [0.717, 1.165) is 99.1 Å². The molecule has 3 fully saturated rings. The first kappa shape index (κ1) is 130. The highest BCUT2D eigenvalue weighted by atomic mass is 16.4. The third kappa shape index (κ3) is 135. The monoisotopic (exact) mass is 1210 g/mol. The van der Waals surface area contributed by atoms with Gasteiger partial charge in [0, 0.05) is 32.1 Å². The van der Waals surface area contributed by atoms with Crippen LogP contribution in [0.1, 0.15) is 349 Å². The van der Waals surface area contributed by atoms with Crippen LogP contribution in [0.15, 0.2) is 47.1 Å². The van der Waals surface area contributed by atoms with Crippen LogP contribution in [0.2, 0.25) is 6.82 Å². The smallest absolute Gasteiger partial charge is 0.448 e. The molecule has 83 heavy (non-hydrogen) atoms. The molecule has 3 atom stereocenters. The topological polar surface area (TPSA) is 285 Å². The van der Waals surface area contributed by atoms with Crippen molar-refractivity contribution >= 4 is 25.0 Å². The molecule has 6 rings (SSSR count). The molecular weight excluding hydrogens is 1040 g/mol. The number of carbonyl (C=O) groups is 3. The summed E-state index contributed by atoms with van der Waals surface area (Å²) in [4.78, 5) is 30.4. The van der Waals surface area contributed by atoms with Crippen molar-refractivity contribution in [3.8, 4) is 0 Å². The normalized spacial score (nSPS) is 18.7. The van der Waals surface area contributed by atoms with Gasteiger partial charge in [-0.3, -0.25) is 9.59 Å². The third-order valence-electron chi connectivity index (χ3n) is 12.2. The summed E-state index contributed by atoms with van der Waals surface area (Å²) in [5.41, 5.74) is 4.76. The molecule has 0 saturated heterocycles. The van der Waals surface area contributed by atoms with Gasteiger partial charge in [-0.25, -0.2) is 0 Å². The summed E-state index contributed by atoms with van der Waals surface area (Å²) < 4.78 is 0. The van der Waals surface area contributed by atoms with E-state index < -0.39 is 7.12 Å². The van der Waals surface area contributed by atoms with Crippen LogP contribution in [0.25, 0.3) is 0 Å². The maximum absolute atomic E-state index is 10.6. The van der Waals surface area contributed by atoms with Crippen molar-refractivity contribution in [1.29, 1.82) is 0 Å². The van der Waals surface area contributed by atoms with Gasteiger partial charge in [-0.15, -0.1) is 0 Å². The fourth-order valence-corrected chi connectivity index (χ4v) is 6.88. The molecule has 12 heteroatoms. The van der Waals surface area contributed by atoms with Crippen LogP contribution in [0, 0.1) is 41.4 Å². The standard InChI is InChI=1S/C8H16.3C8H14.2C7H12O.C4H8.C3H6O.8C2H6.CH5BO2.CH4.6H2O/c4*1-7-3-5-8(2)6-4-7;2*1-6-2-4-7(8)5-3-6;1-3-4-2;1-2-3-4;8*1-2;1-2(3)4;;;;;;;/h7-8H,3-6H2,1-2H3;3*3,8H,4-6H2,1-2H3;2*6H,2-5H2,1H3;3-4H,1-2H3;3H,2H2,1H3;8*1-2H3;3-4H,1H3;1H4;6*1H2/p+3. The van der Waals surface area contributed by atoms with E-state index in [1.165, 1.54) is 90.3 Å². The fourth-order valence-electron chi connectivity index (χ4n) is 6.88. The van der Waals surface area contributed by atoms with Gasteiger partial charge in [0.1, 0.15) is 17.9 Å². The van der Waals surface area contributed by atoms with E-state index in [4.69, 9.17) is 10.0 Å². The largest absolute Gasteiger partial charge is 0.457 e. The molecule has 518 valence electrons. The number of carbonyl (C=O) groups excluding carboxylic acids is 3. The van der Waals surface area contributed by atoms with Gasteiger partial charge in [0.2, 0.25) is 0 Å². The number of ketones is 2. The van der Waals surface area contributed by atoms with Gasteiger partial charge >= 0.3 is 7.12 Å². The second-order valence-corrected chi connectivity index (χ2v) is 19.5. The Kier molecular flexibility index (Phi) is 185. The van der Waals surface area contributed by atoms with E-state index in [0.29, 0.717) is 18.0 Å². The molecule has 0 bridgehead atoms. The first-order chi connectivity index (χ1) is 36.3. The van der Waals surface area contributed by atoms with E-state index in [2.05, 4.69) is 87.5 Å². The lowest BCUT2D eigenvalue weighted by Crippen LogP contribution is -2.10. The molecule has 0 radical (unpaired) electrons. The molecule has 0 heterocycles.